The number of hydrogen-bond acceptors (Lipinski definition) is 6. The second kappa shape index (κ2) is 7.70. The zero-order valence-corrected chi connectivity index (χ0v) is 13.3. The highest BCUT2D eigenvalue weighted by Gasteiger charge is 2.17. The molecule has 1 heterocycles. The molecular weight excluding hydrogens is 344 g/mol. The van der Waals surface area contributed by atoms with Crippen LogP contribution < -0.4 is 16.4 Å². The van der Waals surface area contributed by atoms with Crippen LogP contribution in [-0.4, -0.2) is 32.0 Å². The molecule has 0 spiro atoms. The molecule has 0 aliphatic rings. The average molecular weight is 359 g/mol. The van der Waals surface area contributed by atoms with E-state index in [-0.39, 0.29) is 35.7 Å². The first-order valence-corrected chi connectivity index (χ1v) is 6.73. The van der Waals surface area contributed by atoms with E-state index in [0.29, 0.717) is 12.0 Å². The van der Waals surface area contributed by atoms with Gasteiger partial charge in [-0.25, -0.2) is 0 Å². The third kappa shape index (κ3) is 3.97. The lowest BCUT2D eigenvalue weighted by Gasteiger charge is -2.13. The average Bonchev–Trinajstić information content (AvgIpc) is 2.48. The van der Waals surface area contributed by atoms with Crippen molar-refractivity contribution in [3.05, 3.63) is 48.5 Å². The van der Waals surface area contributed by atoms with Gasteiger partial charge in [0.25, 0.3) is 5.69 Å². The Morgan fingerprint density at radius 3 is 2.50 bits per heavy atom. The Balaban J connectivity index is 0.00000288. The van der Waals surface area contributed by atoms with Crippen LogP contribution in [0.5, 0.6) is 0 Å². The minimum Gasteiger partial charge on any atom is -0.480 e. The number of aromatic amines is 2. The minimum atomic E-state index is -1.05. The molecule has 1 aromatic carbocycles. The summed E-state index contributed by atoms with van der Waals surface area (Å²) in [4.78, 5) is 48.8. The van der Waals surface area contributed by atoms with Crippen molar-refractivity contribution in [2.24, 2.45) is 0 Å². The maximum atomic E-state index is 11.5. The van der Waals surface area contributed by atoms with Crippen LogP contribution in [0.15, 0.2) is 21.7 Å². The third-order valence-corrected chi connectivity index (χ3v) is 3.35. The number of H-pyrrole nitrogens is 2. The van der Waals surface area contributed by atoms with Gasteiger partial charge in [0.2, 0.25) is 0 Å². The second-order valence-electron chi connectivity index (χ2n) is 4.87. The number of nitrogens with one attached hydrogen (secondary N) is 3. The Morgan fingerprint density at radius 2 is 1.96 bits per heavy atom. The van der Waals surface area contributed by atoms with E-state index in [1.165, 1.54) is 6.07 Å². The highest BCUT2D eigenvalue weighted by molar-refractivity contribution is 5.85. The number of aliphatic carboxylic acids is 1. The van der Waals surface area contributed by atoms with Gasteiger partial charge in [-0.3, -0.25) is 24.5 Å². The van der Waals surface area contributed by atoms with Crippen LogP contribution in [0.25, 0.3) is 11.0 Å². The van der Waals surface area contributed by atoms with E-state index in [4.69, 9.17) is 5.11 Å². The second-order valence-corrected chi connectivity index (χ2v) is 4.87. The van der Waals surface area contributed by atoms with Gasteiger partial charge in [0.15, 0.2) is 0 Å². The first-order chi connectivity index (χ1) is 10.8. The van der Waals surface area contributed by atoms with Crippen LogP contribution >= 0.6 is 12.4 Å². The van der Waals surface area contributed by atoms with Crippen molar-refractivity contribution >= 4 is 35.1 Å². The molecule has 0 aliphatic carbocycles. The molecule has 0 bridgehead atoms. The molecule has 0 amide bonds. The van der Waals surface area contributed by atoms with E-state index >= 15 is 0 Å². The fourth-order valence-electron chi connectivity index (χ4n) is 2.17. The van der Waals surface area contributed by atoms with E-state index in [2.05, 4.69) is 15.3 Å². The fourth-order valence-corrected chi connectivity index (χ4v) is 2.17. The van der Waals surface area contributed by atoms with Gasteiger partial charge < -0.3 is 20.4 Å². The predicted molar refractivity (Wildman–Crippen MR) is 87.6 cm³/mol. The number of aromatic nitrogens is 2. The molecule has 130 valence electrons. The first kappa shape index (κ1) is 19.3. The lowest BCUT2D eigenvalue weighted by atomic mass is 10.1. The zero-order chi connectivity index (χ0) is 17.1. The van der Waals surface area contributed by atoms with Gasteiger partial charge in [0.1, 0.15) is 6.04 Å². The lowest BCUT2D eigenvalue weighted by Crippen LogP contribution is -2.36. The number of rotatable bonds is 6. The Labute approximate surface area is 140 Å². The Bertz CT molecular complexity index is 890. The van der Waals surface area contributed by atoms with Gasteiger partial charge in [-0.1, -0.05) is 6.92 Å². The van der Waals surface area contributed by atoms with Crippen LogP contribution in [0.4, 0.5) is 5.69 Å². The van der Waals surface area contributed by atoms with Crippen LogP contribution in [0.3, 0.4) is 0 Å². The van der Waals surface area contributed by atoms with E-state index < -0.39 is 28.1 Å². The van der Waals surface area contributed by atoms with Crippen molar-refractivity contribution in [1.29, 1.82) is 0 Å². The summed E-state index contributed by atoms with van der Waals surface area (Å²) in [5.41, 5.74) is -1.47. The number of fused-ring (bicyclic) bond motifs is 1. The summed E-state index contributed by atoms with van der Waals surface area (Å²) in [6.07, 6.45) is 0.315. The summed E-state index contributed by atoms with van der Waals surface area (Å²) in [5, 5.41) is 22.7. The van der Waals surface area contributed by atoms with E-state index in [1.54, 1.807) is 6.92 Å². The van der Waals surface area contributed by atoms with Gasteiger partial charge >= 0.3 is 17.1 Å². The Morgan fingerprint density at radius 1 is 1.33 bits per heavy atom. The SMILES string of the molecule is CCC(NCc1cc([N+](=O)[O-])cc2[nH]c(=O)c(=O)[nH]c12)C(=O)O.Cl. The normalized spacial score (nSPS) is 11.7. The maximum Gasteiger partial charge on any atom is 0.320 e. The van der Waals surface area contributed by atoms with Crippen molar-refractivity contribution < 1.29 is 14.8 Å². The van der Waals surface area contributed by atoms with Crippen LogP contribution in [0.2, 0.25) is 0 Å². The number of nitrogens with zero attached hydrogens (tertiary/aromatic N) is 1. The molecule has 0 fully saturated rings. The summed E-state index contributed by atoms with van der Waals surface area (Å²) in [6, 6.07) is 1.52. The van der Waals surface area contributed by atoms with Gasteiger partial charge in [0, 0.05) is 18.7 Å². The number of non-ortho nitro benzene ring substituents is 1. The summed E-state index contributed by atoms with van der Waals surface area (Å²) >= 11 is 0. The number of carbonyl (C=O) groups is 1. The molecule has 4 N–H and O–H groups in total. The summed E-state index contributed by atoms with van der Waals surface area (Å²) in [7, 11) is 0. The number of hydrogen-bond donors (Lipinski definition) is 4. The van der Waals surface area contributed by atoms with Crippen molar-refractivity contribution in [2.45, 2.75) is 25.9 Å². The molecule has 1 atom stereocenters. The van der Waals surface area contributed by atoms with Crippen molar-refractivity contribution in [3.63, 3.8) is 0 Å². The molecule has 11 heteroatoms. The van der Waals surface area contributed by atoms with Crippen molar-refractivity contribution in [1.82, 2.24) is 15.3 Å². The smallest absolute Gasteiger partial charge is 0.320 e. The van der Waals surface area contributed by atoms with Crippen molar-refractivity contribution in [2.75, 3.05) is 0 Å². The number of benzene rings is 1. The quantitative estimate of drug-likeness (QED) is 0.332. The van der Waals surface area contributed by atoms with Crippen molar-refractivity contribution in [3.8, 4) is 0 Å². The number of carboxylic acids is 1. The summed E-state index contributed by atoms with van der Waals surface area (Å²) in [6.45, 7) is 1.65. The molecule has 2 rings (SSSR count). The lowest BCUT2D eigenvalue weighted by molar-refractivity contribution is -0.384. The van der Waals surface area contributed by atoms with Gasteiger partial charge in [-0.2, -0.15) is 0 Å². The van der Waals surface area contributed by atoms with Gasteiger partial charge in [0.05, 0.1) is 16.0 Å². The molecule has 2 aromatic rings. The van der Waals surface area contributed by atoms with Gasteiger partial charge in [-0.05, 0) is 12.0 Å². The molecule has 10 nitrogen and oxygen atoms in total. The largest absolute Gasteiger partial charge is 0.480 e. The fraction of sp³-hybridized carbons (Fsp3) is 0.308. The Hall–Kier alpha value is -2.72. The standard InChI is InChI=1S/C13H14N4O6.ClH/c1-2-8(13(20)21)14-5-6-3-7(17(22)23)4-9-10(6)16-12(19)11(18)15-9;/h3-4,8,14H,2,5H2,1H3,(H,15,18)(H,16,19)(H,20,21);1H. The highest BCUT2D eigenvalue weighted by Crippen LogP contribution is 2.21. The highest BCUT2D eigenvalue weighted by atomic mass is 35.5. The maximum absolute atomic E-state index is 11.5. The molecule has 0 saturated carbocycles. The monoisotopic (exact) mass is 358 g/mol. The number of nitro benzene ring substituents is 1. The van der Waals surface area contributed by atoms with E-state index in [9.17, 15) is 24.5 Å². The number of carboxylic acid groups (broad SMARTS) is 1. The summed E-state index contributed by atoms with van der Waals surface area (Å²) < 4.78 is 0. The summed E-state index contributed by atoms with van der Waals surface area (Å²) in [5.74, 6) is -1.05. The van der Waals surface area contributed by atoms with Crippen LogP contribution in [0.1, 0.15) is 18.9 Å². The van der Waals surface area contributed by atoms with Crippen LogP contribution in [0, 0.1) is 10.1 Å². The molecule has 0 saturated heterocycles. The zero-order valence-electron chi connectivity index (χ0n) is 12.5. The minimum absolute atomic E-state index is 0. The first-order valence-electron chi connectivity index (χ1n) is 6.73. The van der Waals surface area contributed by atoms with E-state index in [0.717, 1.165) is 6.07 Å². The number of halogens is 1. The topological polar surface area (TPSA) is 158 Å². The molecule has 1 aromatic heterocycles. The third-order valence-electron chi connectivity index (χ3n) is 3.35. The predicted octanol–water partition coefficient (Wildman–Crippen LogP) is 0.499. The Kier molecular flexibility index (Phi) is 6.20. The molecule has 0 radical (unpaired) electrons. The molecule has 1 unspecified atom stereocenters. The van der Waals surface area contributed by atoms with Gasteiger partial charge in [-0.15, -0.1) is 12.4 Å². The van der Waals surface area contributed by atoms with Crippen LogP contribution in [-0.2, 0) is 11.3 Å². The number of nitro groups is 1. The molecule has 0 aliphatic heterocycles. The molecular formula is C13H15ClN4O6. The van der Waals surface area contributed by atoms with E-state index in [1.807, 2.05) is 0 Å². The molecule has 24 heavy (non-hydrogen) atoms.